The Hall–Kier alpha value is 0.857. The van der Waals surface area contributed by atoms with Crippen molar-refractivity contribution < 1.29 is 51.0 Å². The average molecular weight is 465 g/mol. The van der Waals surface area contributed by atoms with Crippen LogP contribution in [-0.2, 0) is 26.2 Å². The Morgan fingerprint density at radius 2 is 0.957 bits per heavy atom. The van der Waals surface area contributed by atoms with Gasteiger partial charge in [-0.3, -0.25) is 12.2 Å². The zero-order chi connectivity index (χ0) is 15.6. The van der Waals surface area contributed by atoms with Crippen molar-refractivity contribution in [2.75, 3.05) is 0 Å². The van der Waals surface area contributed by atoms with E-state index in [9.17, 15) is 0 Å². The summed E-state index contributed by atoms with van der Waals surface area (Å²) in [6.45, 7) is 18.7. The summed E-state index contributed by atoms with van der Waals surface area (Å²) in [7, 11) is -2.05. The topological polar surface area (TPSA) is 0 Å². The number of rotatable bonds is 2. The molecule has 128 valence electrons. The van der Waals surface area contributed by atoms with Gasteiger partial charge >= 0.3 is 26.2 Å². The molecule has 0 saturated heterocycles. The molecule has 2 aliphatic carbocycles. The molecule has 5 heteroatoms. The Bertz CT molecular complexity index is 444. The minimum absolute atomic E-state index is 0. The molecule has 0 spiro atoms. The van der Waals surface area contributed by atoms with Crippen LogP contribution in [0.4, 0.5) is 0 Å². The fourth-order valence-electron chi connectivity index (χ4n) is 2.85. The molecular weight excluding hydrogens is 434 g/mol. The fraction of sp³-hybridized carbons (Fsp3) is 0.556. The summed E-state index contributed by atoms with van der Waals surface area (Å²) in [6, 6.07) is 0. The van der Waals surface area contributed by atoms with Gasteiger partial charge < -0.3 is 24.8 Å². The van der Waals surface area contributed by atoms with Crippen LogP contribution in [0.5, 0.6) is 0 Å². The first-order valence-electron chi connectivity index (χ1n) is 7.60. The molecule has 2 rings (SSSR count). The van der Waals surface area contributed by atoms with E-state index in [2.05, 4.69) is 77.4 Å². The van der Waals surface area contributed by atoms with Crippen molar-refractivity contribution in [3.8, 4) is 0 Å². The minimum atomic E-state index is -1.03. The van der Waals surface area contributed by atoms with Gasteiger partial charge in [-0.05, 0) is 16.1 Å². The average Bonchev–Trinajstić information content (AvgIpc) is 2.85. The van der Waals surface area contributed by atoms with Crippen molar-refractivity contribution in [1.82, 2.24) is 0 Å². The maximum atomic E-state index is 3.33. The van der Waals surface area contributed by atoms with Crippen molar-refractivity contribution in [3.05, 3.63) is 45.8 Å². The van der Waals surface area contributed by atoms with Gasteiger partial charge in [0, 0.05) is 0 Å². The maximum absolute atomic E-state index is 3.33. The molecule has 0 radical (unpaired) electrons. The monoisotopic (exact) mass is 462 g/mol. The van der Waals surface area contributed by atoms with Crippen molar-refractivity contribution in [1.29, 1.82) is 0 Å². The quantitative estimate of drug-likeness (QED) is 0.395. The third-order valence-electron chi connectivity index (χ3n) is 3.77. The Labute approximate surface area is 177 Å². The third kappa shape index (κ3) is 9.21. The molecule has 0 unspecified atom stereocenters. The SMILES string of the molecule is CC1=[C-]CC=C1[Si](C)(C)C.CC1=[C-]CC=C1[Si](C)(C)C.[Cl-].[Cl-].[Zr+4]. The molecule has 0 aromatic carbocycles. The van der Waals surface area contributed by atoms with Crippen molar-refractivity contribution in [2.45, 2.75) is 66.0 Å². The van der Waals surface area contributed by atoms with Crippen molar-refractivity contribution >= 4 is 16.1 Å². The summed E-state index contributed by atoms with van der Waals surface area (Å²) in [4.78, 5) is 0. The molecule has 23 heavy (non-hydrogen) atoms. The van der Waals surface area contributed by atoms with Gasteiger partial charge in [0.15, 0.2) is 0 Å². The van der Waals surface area contributed by atoms with Gasteiger partial charge in [0.2, 0.25) is 0 Å². The molecule has 0 aromatic rings. The van der Waals surface area contributed by atoms with Crippen LogP contribution in [-0.4, -0.2) is 16.1 Å². The molecule has 0 N–H and O–H groups in total. The van der Waals surface area contributed by atoms with E-state index in [1.807, 2.05) is 0 Å². The summed E-state index contributed by atoms with van der Waals surface area (Å²) in [6.07, 6.45) is 13.4. The summed E-state index contributed by atoms with van der Waals surface area (Å²) >= 11 is 0. The second kappa shape index (κ2) is 11.5. The molecule has 0 amide bonds. The Balaban J connectivity index is -0.000000308. The van der Waals surface area contributed by atoms with Crippen molar-refractivity contribution in [2.24, 2.45) is 0 Å². The Morgan fingerprint density at radius 1 is 0.696 bits per heavy atom. The molecule has 0 atom stereocenters. The van der Waals surface area contributed by atoms with Crippen LogP contribution in [0.15, 0.2) is 33.7 Å². The molecule has 0 aliphatic heterocycles. The van der Waals surface area contributed by atoms with E-state index in [0.29, 0.717) is 0 Å². The van der Waals surface area contributed by atoms with E-state index in [4.69, 9.17) is 0 Å². The number of allylic oxidation sites excluding steroid dienone is 8. The van der Waals surface area contributed by atoms with E-state index in [0.717, 1.165) is 12.8 Å². The van der Waals surface area contributed by atoms with Gasteiger partial charge in [-0.15, -0.1) is 12.8 Å². The van der Waals surface area contributed by atoms with E-state index < -0.39 is 16.1 Å². The number of hydrogen-bond acceptors (Lipinski definition) is 0. The van der Waals surface area contributed by atoms with Crippen LogP contribution in [0.1, 0.15) is 26.7 Å². The van der Waals surface area contributed by atoms with Gasteiger partial charge in [-0.2, -0.15) is 12.2 Å². The molecule has 0 nitrogen and oxygen atoms in total. The predicted molar refractivity (Wildman–Crippen MR) is 97.0 cm³/mol. The van der Waals surface area contributed by atoms with Crippen molar-refractivity contribution in [3.63, 3.8) is 0 Å². The summed E-state index contributed by atoms with van der Waals surface area (Å²) < 4.78 is 0. The first-order chi connectivity index (χ1) is 9.03. The molecule has 2 aliphatic rings. The fourth-order valence-corrected chi connectivity index (χ4v) is 6.70. The second-order valence-corrected chi connectivity index (χ2v) is 17.8. The van der Waals surface area contributed by atoms with Crippen LogP contribution < -0.4 is 24.8 Å². The first-order valence-corrected chi connectivity index (χ1v) is 14.6. The standard InChI is InChI=1S/2C9H15Si.2ClH.Zr/c2*1-8-6-5-7-9(8)10(2,3)4;;;/h2*7H,5H2,1-4H3;2*1H;/q2*-1;;;+4/p-2. The molecule has 0 aromatic heterocycles. The number of hydrogen-bond donors (Lipinski definition) is 0. The van der Waals surface area contributed by atoms with Gasteiger partial charge in [0.25, 0.3) is 0 Å². The van der Waals surface area contributed by atoms with Crippen LogP contribution >= 0.6 is 0 Å². The zero-order valence-corrected chi connectivity index (χ0v) is 21.8. The molecule has 0 bridgehead atoms. The van der Waals surface area contributed by atoms with E-state index >= 15 is 0 Å². The van der Waals surface area contributed by atoms with Gasteiger partial charge in [-0.1, -0.05) is 53.1 Å². The second-order valence-electron chi connectivity index (χ2n) is 7.75. The molecule has 0 fully saturated rings. The summed E-state index contributed by atoms with van der Waals surface area (Å²) in [5.41, 5.74) is 2.80. The molecular formula is C18H30Cl2Si2Zr. The van der Waals surface area contributed by atoms with E-state index in [1.54, 1.807) is 10.4 Å². The minimum Gasteiger partial charge on any atom is -1.00 e. The smallest absolute Gasteiger partial charge is 1.00 e. The summed E-state index contributed by atoms with van der Waals surface area (Å²) in [5.74, 6) is 0. The van der Waals surface area contributed by atoms with E-state index in [1.165, 1.54) is 11.1 Å². The van der Waals surface area contributed by atoms with Gasteiger partial charge in [0.05, 0.1) is 0 Å². The van der Waals surface area contributed by atoms with Crippen LogP contribution in [0.25, 0.3) is 0 Å². The summed E-state index contributed by atoms with van der Waals surface area (Å²) in [5, 5.41) is 3.21. The molecule has 0 heterocycles. The molecule has 0 saturated carbocycles. The van der Waals surface area contributed by atoms with Crippen LogP contribution in [0.2, 0.25) is 39.3 Å². The van der Waals surface area contributed by atoms with Gasteiger partial charge in [-0.25, -0.2) is 21.5 Å². The maximum Gasteiger partial charge on any atom is 4.00 e. The predicted octanol–water partition coefficient (Wildman–Crippen LogP) is -0.108. The third-order valence-corrected chi connectivity index (χ3v) is 8.16. The number of halogens is 2. The first kappa shape index (κ1) is 28.7. The van der Waals surface area contributed by atoms with Crippen LogP contribution in [0, 0.1) is 12.2 Å². The Morgan fingerprint density at radius 3 is 1.04 bits per heavy atom. The largest absolute Gasteiger partial charge is 4.00 e. The zero-order valence-electron chi connectivity index (χ0n) is 15.8. The van der Waals surface area contributed by atoms with E-state index in [-0.39, 0.29) is 51.0 Å². The normalized spacial score (nSPS) is 16.3. The van der Waals surface area contributed by atoms with Crippen LogP contribution in [0.3, 0.4) is 0 Å². The van der Waals surface area contributed by atoms with Gasteiger partial charge in [0.1, 0.15) is 0 Å². The Kier molecular flexibility index (Phi) is 14.3.